The molecule has 1 heterocycles. The molecule has 0 bridgehead atoms. The fourth-order valence-corrected chi connectivity index (χ4v) is 1.88. The summed E-state index contributed by atoms with van der Waals surface area (Å²) in [5, 5.41) is 21.6. The number of phenolic OH excluding ortho intramolecular Hbond substituents is 2. The number of aromatic hydroxyl groups is 2. The molecule has 2 aromatic rings. The molecule has 1 amide bonds. The largest absolute Gasteiger partial charge is 0.508 e. The number of fused-ring (bicyclic) bond motifs is 1. The summed E-state index contributed by atoms with van der Waals surface area (Å²) in [6.45, 7) is 0.153. The van der Waals surface area contributed by atoms with Crippen LogP contribution in [0.1, 0.15) is 10.4 Å². The number of carbonyl (C=O) groups excluding carboxylic acids is 1. The molecule has 0 radical (unpaired) electrons. The van der Waals surface area contributed by atoms with Crippen LogP contribution < -0.4 is 14.8 Å². The third kappa shape index (κ3) is 2.18. The number of nitrogens with one attached hydrogen (secondary N) is 1. The standard InChI is InChI=1S/C14H11NO5/c16-9-2-3-11(17)10(6-9)14(18)15-8-1-4-12-13(5-8)20-7-19-12/h1-6,16-17H,7H2,(H,15,18). The van der Waals surface area contributed by atoms with Crippen molar-refractivity contribution in [3.63, 3.8) is 0 Å². The second-order valence-electron chi connectivity index (χ2n) is 4.22. The van der Waals surface area contributed by atoms with Crippen LogP contribution in [0.2, 0.25) is 0 Å². The molecule has 2 aromatic carbocycles. The highest BCUT2D eigenvalue weighted by Crippen LogP contribution is 2.34. The molecule has 0 fully saturated rings. The minimum absolute atomic E-state index is 0.0114. The highest BCUT2D eigenvalue weighted by atomic mass is 16.7. The zero-order valence-electron chi connectivity index (χ0n) is 10.3. The third-order valence-electron chi connectivity index (χ3n) is 2.86. The first-order valence-electron chi connectivity index (χ1n) is 5.86. The van der Waals surface area contributed by atoms with Crippen LogP contribution in [0.5, 0.6) is 23.0 Å². The van der Waals surface area contributed by atoms with E-state index in [0.717, 1.165) is 0 Å². The monoisotopic (exact) mass is 273 g/mol. The van der Waals surface area contributed by atoms with Gasteiger partial charge < -0.3 is 25.0 Å². The van der Waals surface area contributed by atoms with E-state index >= 15 is 0 Å². The van der Waals surface area contributed by atoms with Crippen LogP contribution in [0, 0.1) is 0 Å². The molecule has 3 N–H and O–H groups in total. The Balaban J connectivity index is 1.84. The Kier molecular flexibility index (Phi) is 2.83. The molecule has 0 atom stereocenters. The van der Waals surface area contributed by atoms with Gasteiger partial charge in [-0.2, -0.15) is 0 Å². The molecule has 0 unspecified atom stereocenters. The van der Waals surface area contributed by atoms with Gasteiger partial charge in [-0.3, -0.25) is 4.79 Å². The van der Waals surface area contributed by atoms with Crippen molar-refractivity contribution in [1.82, 2.24) is 0 Å². The summed E-state index contributed by atoms with van der Waals surface area (Å²) in [7, 11) is 0. The zero-order chi connectivity index (χ0) is 14.1. The number of anilines is 1. The first-order valence-corrected chi connectivity index (χ1v) is 5.86. The molecule has 0 aliphatic carbocycles. The predicted octanol–water partition coefficient (Wildman–Crippen LogP) is 2.08. The number of phenols is 2. The van der Waals surface area contributed by atoms with Gasteiger partial charge in [-0.15, -0.1) is 0 Å². The van der Waals surface area contributed by atoms with E-state index in [-0.39, 0.29) is 23.9 Å². The van der Waals surface area contributed by atoms with E-state index < -0.39 is 5.91 Å². The van der Waals surface area contributed by atoms with Crippen LogP contribution in [-0.2, 0) is 0 Å². The number of rotatable bonds is 2. The average Bonchev–Trinajstić information content (AvgIpc) is 2.89. The molecule has 0 saturated carbocycles. The van der Waals surface area contributed by atoms with Crippen molar-refractivity contribution in [3.05, 3.63) is 42.0 Å². The van der Waals surface area contributed by atoms with E-state index in [1.165, 1.54) is 18.2 Å². The number of hydrogen-bond acceptors (Lipinski definition) is 5. The van der Waals surface area contributed by atoms with Gasteiger partial charge in [0.05, 0.1) is 5.56 Å². The van der Waals surface area contributed by atoms with Gasteiger partial charge in [0.1, 0.15) is 11.5 Å². The highest BCUT2D eigenvalue weighted by Gasteiger charge is 2.16. The summed E-state index contributed by atoms with van der Waals surface area (Å²) in [5.41, 5.74) is 0.490. The molecular formula is C14H11NO5. The Morgan fingerprint density at radius 1 is 1.05 bits per heavy atom. The van der Waals surface area contributed by atoms with E-state index in [9.17, 15) is 15.0 Å². The number of amides is 1. The van der Waals surface area contributed by atoms with Crippen molar-refractivity contribution in [2.24, 2.45) is 0 Å². The number of hydrogen-bond donors (Lipinski definition) is 3. The first-order chi connectivity index (χ1) is 9.63. The smallest absolute Gasteiger partial charge is 0.259 e. The molecule has 102 valence electrons. The minimum atomic E-state index is -0.530. The van der Waals surface area contributed by atoms with Gasteiger partial charge in [0.2, 0.25) is 6.79 Å². The Bertz CT molecular complexity index is 683. The van der Waals surface area contributed by atoms with Crippen molar-refractivity contribution in [3.8, 4) is 23.0 Å². The van der Waals surface area contributed by atoms with Crippen LogP contribution in [-0.4, -0.2) is 22.9 Å². The lowest BCUT2D eigenvalue weighted by molar-refractivity contribution is 0.102. The van der Waals surface area contributed by atoms with E-state index in [1.807, 2.05) is 0 Å². The van der Waals surface area contributed by atoms with E-state index in [1.54, 1.807) is 18.2 Å². The minimum Gasteiger partial charge on any atom is -0.508 e. The summed E-state index contributed by atoms with van der Waals surface area (Å²) in [6, 6.07) is 8.71. The van der Waals surface area contributed by atoms with Gasteiger partial charge in [0.15, 0.2) is 11.5 Å². The van der Waals surface area contributed by atoms with E-state index in [0.29, 0.717) is 17.2 Å². The van der Waals surface area contributed by atoms with Gasteiger partial charge in [0.25, 0.3) is 5.91 Å². The van der Waals surface area contributed by atoms with Crippen LogP contribution in [0.3, 0.4) is 0 Å². The Labute approximate surface area is 114 Å². The third-order valence-corrected chi connectivity index (χ3v) is 2.86. The fraction of sp³-hybridized carbons (Fsp3) is 0.0714. The summed E-state index contributed by atoms with van der Waals surface area (Å²) >= 11 is 0. The lowest BCUT2D eigenvalue weighted by Crippen LogP contribution is -2.11. The second kappa shape index (κ2) is 4.65. The first kappa shape index (κ1) is 12.2. The molecular weight excluding hydrogens is 262 g/mol. The van der Waals surface area contributed by atoms with Crippen molar-refractivity contribution >= 4 is 11.6 Å². The van der Waals surface area contributed by atoms with Gasteiger partial charge in [-0.1, -0.05) is 0 Å². The highest BCUT2D eigenvalue weighted by molar-refractivity contribution is 6.06. The average molecular weight is 273 g/mol. The van der Waals surface area contributed by atoms with Gasteiger partial charge in [0, 0.05) is 11.8 Å². The second-order valence-corrected chi connectivity index (χ2v) is 4.22. The summed E-state index contributed by atoms with van der Waals surface area (Å²) in [5.74, 6) is 0.322. The molecule has 6 nitrogen and oxygen atoms in total. The maximum atomic E-state index is 12.0. The molecule has 1 aliphatic heterocycles. The van der Waals surface area contributed by atoms with Gasteiger partial charge >= 0.3 is 0 Å². The molecule has 6 heteroatoms. The van der Waals surface area contributed by atoms with Crippen LogP contribution in [0.25, 0.3) is 0 Å². The SMILES string of the molecule is O=C(Nc1ccc2c(c1)OCO2)c1cc(O)ccc1O. The summed E-state index contributed by atoms with van der Waals surface area (Å²) < 4.78 is 10.4. The number of ether oxygens (including phenoxy) is 2. The predicted molar refractivity (Wildman–Crippen MR) is 70.3 cm³/mol. The lowest BCUT2D eigenvalue weighted by Gasteiger charge is -2.08. The van der Waals surface area contributed by atoms with Crippen LogP contribution >= 0.6 is 0 Å². The normalized spacial score (nSPS) is 12.2. The van der Waals surface area contributed by atoms with Crippen molar-refractivity contribution in [2.75, 3.05) is 12.1 Å². The van der Waals surface area contributed by atoms with Gasteiger partial charge in [-0.05, 0) is 30.3 Å². The van der Waals surface area contributed by atoms with Crippen molar-refractivity contribution in [1.29, 1.82) is 0 Å². The molecule has 20 heavy (non-hydrogen) atoms. The Morgan fingerprint density at radius 2 is 1.85 bits per heavy atom. The van der Waals surface area contributed by atoms with Crippen molar-refractivity contribution < 1.29 is 24.5 Å². The molecule has 0 saturated heterocycles. The maximum Gasteiger partial charge on any atom is 0.259 e. The maximum absolute atomic E-state index is 12.0. The number of benzene rings is 2. The zero-order valence-corrected chi connectivity index (χ0v) is 10.3. The summed E-state index contributed by atoms with van der Waals surface area (Å²) in [4.78, 5) is 12.0. The molecule has 0 aromatic heterocycles. The molecule has 3 rings (SSSR count). The molecule has 1 aliphatic rings. The Hall–Kier alpha value is -2.89. The van der Waals surface area contributed by atoms with Gasteiger partial charge in [-0.25, -0.2) is 0 Å². The Morgan fingerprint density at radius 3 is 2.70 bits per heavy atom. The number of carbonyl (C=O) groups is 1. The van der Waals surface area contributed by atoms with Crippen LogP contribution in [0.4, 0.5) is 5.69 Å². The van der Waals surface area contributed by atoms with Crippen LogP contribution in [0.15, 0.2) is 36.4 Å². The lowest BCUT2D eigenvalue weighted by atomic mass is 10.1. The quantitative estimate of drug-likeness (QED) is 0.729. The molecule has 0 spiro atoms. The van der Waals surface area contributed by atoms with E-state index in [4.69, 9.17) is 9.47 Å². The summed E-state index contributed by atoms with van der Waals surface area (Å²) in [6.07, 6.45) is 0. The fourth-order valence-electron chi connectivity index (χ4n) is 1.88. The topological polar surface area (TPSA) is 88.0 Å². The van der Waals surface area contributed by atoms with Crippen molar-refractivity contribution in [2.45, 2.75) is 0 Å². The van der Waals surface area contributed by atoms with E-state index in [2.05, 4.69) is 5.32 Å².